The Balaban J connectivity index is 1.26. The van der Waals surface area contributed by atoms with E-state index in [-0.39, 0.29) is 0 Å². The molecule has 0 spiro atoms. The highest BCUT2D eigenvalue weighted by molar-refractivity contribution is 6.16. The molecule has 4 nitrogen and oxygen atoms in total. The van der Waals surface area contributed by atoms with Crippen LogP contribution in [0.25, 0.3) is 99.9 Å². The topological polar surface area (TPSA) is 51.8 Å². The fourth-order valence-electron chi connectivity index (χ4n) is 7.35. The fraction of sp³-hybridized carbons (Fsp3) is 0. The minimum absolute atomic E-state index is 0.596. The first kappa shape index (κ1) is 29.0. The van der Waals surface area contributed by atoms with E-state index in [1.807, 2.05) is 54.6 Å². The maximum absolute atomic E-state index is 6.40. The monoisotopic (exact) mass is 651 g/mol. The highest BCUT2D eigenvalue weighted by Gasteiger charge is 2.22. The zero-order valence-electron chi connectivity index (χ0n) is 27.5. The molecule has 0 aliphatic heterocycles. The Labute approximate surface area is 294 Å². The molecule has 0 bridgehead atoms. The van der Waals surface area contributed by atoms with Crippen LogP contribution in [0.3, 0.4) is 0 Å². The number of rotatable bonds is 5. The molecule has 0 aliphatic carbocycles. The van der Waals surface area contributed by atoms with Gasteiger partial charge in [0, 0.05) is 27.5 Å². The normalized spacial score (nSPS) is 11.5. The molecular weight excluding hydrogens is 623 g/mol. The number of hydrogen-bond donors (Lipinski definition) is 0. The van der Waals surface area contributed by atoms with Gasteiger partial charge in [-0.25, -0.2) is 15.0 Å². The van der Waals surface area contributed by atoms with Gasteiger partial charge in [0.1, 0.15) is 11.2 Å². The summed E-state index contributed by atoms with van der Waals surface area (Å²) in [5.41, 5.74) is 8.87. The third-order valence-electron chi connectivity index (χ3n) is 9.72. The van der Waals surface area contributed by atoms with E-state index in [1.54, 1.807) is 0 Å². The van der Waals surface area contributed by atoms with Crippen LogP contribution in [0.1, 0.15) is 0 Å². The lowest BCUT2D eigenvalue weighted by Crippen LogP contribution is -2.01. The lowest BCUT2D eigenvalue weighted by Gasteiger charge is -2.14. The molecule has 0 atom stereocenters. The summed E-state index contributed by atoms with van der Waals surface area (Å²) in [5, 5.41) is 6.77. The second kappa shape index (κ2) is 11.9. The zero-order valence-corrected chi connectivity index (χ0v) is 27.5. The smallest absolute Gasteiger partial charge is 0.165 e. The second-order valence-corrected chi connectivity index (χ2v) is 12.8. The minimum Gasteiger partial charge on any atom is -0.456 e. The van der Waals surface area contributed by atoms with Crippen LogP contribution in [0.2, 0.25) is 0 Å². The minimum atomic E-state index is 0.596. The van der Waals surface area contributed by atoms with Crippen molar-refractivity contribution < 1.29 is 4.42 Å². The number of benzene rings is 8. The molecule has 0 radical (unpaired) electrons. The van der Waals surface area contributed by atoms with Crippen molar-refractivity contribution in [2.75, 3.05) is 0 Å². The Hall–Kier alpha value is -6.91. The van der Waals surface area contributed by atoms with Crippen molar-refractivity contribution in [3.8, 4) is 56.4 Å². The van der Waals surface area contributed by atoms with Crippen LogP contribution in [0.15, 0.2) is 180 Å². The molecule has 51 heavy (non-hydrogen) atoms. The molecule has 4 heteroatoms. The van der Waals surface area contributed by atoms with Crippen molar-refractivity contribution in [1.82, 2.24) is 15.0 Å². The average Bonchev–Trinajstić information content (AvgIpc) is 3.59. The van der Waals surface area contributed by atoms with Gasteiger partial charge in [-0.1, -0.05) is 146 Å². The van der Waals surface area contributed by atoms with Gasteiger partial charge >= 0.3 is 0 Å². The summed E-state index contributed by atoms with van der Waals surface area (Å²) < 4.78 is 6.40. The van der Waals surface area contributed by atoms with Crippen LogP contribution < -0.4 is 0 Å². The molecule has 0 unspecified atom stereocenters. The molecule has 8 aromatic carbocycles. The van der Waals surface area contributed by atoms with Crippen LogP contribution in [-0.4, -0.2) is 15.0 Å². The van der Waals surface area contributed by atoms with Crippen LogP contribution in [-0.2, 0) is 0 Å². The van der Waals surface area contributed by atoms with Crippen molar-refractivity contribution >= 4 is 43.5 Å². The summed E-state index contributed by atoms with van der Waals surface area (Å²) in [6.07, 6.45) is 0. The third-order valence-corrected chi connectivity index (χ3v) is 9.72. The molecule has 0 aliphatic rings. The first-order valence-corrected chi connectivity index (χ1v) is 17.1. The Kier molecular flexibility index (Phi) is 6.78. The van der Waals surface area contributed by atoms with Gasteiger partial charge in [0.2, 0.25) is 0 Å². The number of nitrogens with zero attached hydrogens (tertiary/aromatic N) is 3. The molecule has 0 fully saturated rings. The molecule has 2 heterocycles. The first-order chi connectivity index (χ1) is 25.3. The molecule has 2 aromatic heterocycles. The first-order valence-electron chi connectivity index (χ1n) is 17.1. The fourth-order valence-corrected chi connectivity index (χ4v) is 7.35. The van der Waals surface area contributed by atoms with Gasteiger partial charge in [-0.15, -0.1) is 0 Å². The SMILES string of the molecule is c1ccc(-c2nc(-c3ccc4c(c3)cc(-c3ccccc3)c3ccccc34)nc(-c3c(-c4ccccc4)ccc4oc5ccccc5c34)n2)cc1. The number of hydrogen-bond acceptors (Lipinski definition) is 4. The molecule has 10 aromatic rings. The summed E-state index contributed by atoms with van der Waals surface area (Å²) in [6, 6.07) is 61.0. The van der Waals surface area contributed by atoms with E-state index in [9.17, 15) is 0 Å². The molecule has 0 saturated carbocycles. The summed E-state index contributed by atoms with van der Waals surface area (Å²) in [4.78, 5) is 15.7. The van der Waals surface area contributed by atoms with E-state index in [0.717, 1.165) is 55.1 Å². The van der Waals surface area contributed by atoms with E-state index in [2.05, 4.69) is 121 Å². The summed E-state index contributed by atoms with van der Waals surface area (Å²) in [6.45, 7) is 0. The summed E-state index contributed by atoms with van der Waals surface area (Å²) in [7, 11) is 0. The highest BCUT2D eigenvalue weighted by atomic mass is 16.3. The van der Waals surface area contributed by atoms with Crippen LogP contribution in [0.5, 0.6) is 0 Å². The van der Waals surface area contributed by atoms with E-state index in [4.69, 9.17) is 19.4 Å². The largest absolute Gasteiger partial charge is 0.456 e. The van der Waals surface area contributed by atoms with Crippen LogP contribution in [0, 0.1) is 0 Å². The van der Waals surface area contributed by atoms with Gasteiger partial charge in [-0.3, -0.25) is 0 Å². The standard InChI is InChI=1S/C47H29N3O/c1-4-14-30(15-5-1)36-26-27-42-43(39-22-12-13-23-41(39)51-42)44(36)47-49-45(32-18-8-3-9-19-32)48-46(50-47)33-24-25-35-34(28-33)29-40(31-16-6-2-7-17-31)38-21-11-10-20-37(35)38/h1-29H. The van der Waals surface area contributed by atoms with Crippen molar-refractivity contribution in [3.05, 3.63) is 176 Å². The number of furan rings is 1. The van der Waals surface area contributed by atoms with Crippen molar-refractivity contribution in [3.63, 3.8) is 0 Å². The van der Waals surface area contributed by atoms with Gasteiger partial charge in [0.25, 0.3) is 0 Å². The predicted molar refractivity (Wildman–Crippen MR) is 209 cm³/mol. The van der Waals surface area contributed by atoms with Crippen LogP contribution >= 0.6 is 0 Å². The Morgan fingerprint density at radius 3 is 1.63 bits per heavy atom. The number of para-hydroxylation sites is 1. The van der Waals surface area contributed by atoms with Gasteiger partial charge in [0.05, 0.1) is 0 Å². The zero-order chi connectivity index (χ0) is 33.7. The number of fused-ring (bicyclic) bond motifs is 6. The van der Waals surface area contributed by atoms with E-state index in [1.165, 1.54) is 27.3 Å². The molecule has 0 amide bonds. The second-order valence-electron chi connectivity index (χ2n) is 12.8. The van der Waals surface area contributed by atoms with Crippen molar-refractivity contribution in [1.29, 1.82) is 0 Å². The van der Waals surface area contributed by atoms with E-state index < -0.39 is 0 Å². The maximum atomic E-state index is 6.40. The average molecular weight is 652 g/mol. The number of aromatic nitrogens is 3. The molecule has 0 N–H and O–H groups in total. The molecular formula is C47H29N3O. The summed E-state index contributed by atoms with van der Waals surface area (Å²) in [5.74, 6) is 1.82. The van der Waals surface area contributed by atoms with E-state index in [0.29, 0.717) is 17.5 Å². The molecule has 238 valence electrons. The Morgan fingerprint density at radius 1 is 0.333 bits per heavy atom. The summed E-state index contributed by atoms with van der Waals surface area (Å²) >= 11 is 0. The predicted octanol–water partition coefficient (Wildman–Crippen LogP) is 12.4. The van der Waals surface area contributed by atoms with Crippen molar-refractivity contribution in [2.45, 2.75) is 0 Å². The molecule has 10 rings (SSSR count). The lowest BCUT2D eigenvalue weighted by atomic mass is 9.92. The van der Waals surface area contributed by atoms with Crippen LogP contribution in [0.4, 0.5) is 0 Å². The Bertz CT molecular complexity index is 2900. The highest BCUT2D eigenvalue weighted by Crippen LogP contribution is 2.43. The van der Waals surface area contributed by atoms with Gasteiger partial charge in [0.15, 0.2) is 17.5 Å². The van der Waals surface area contributed by atoms with Crippen molar-refractivity contribution in [2.24, 2.45) is 0 Å². The van der Waals surface area contributed by atoms with Gasteiger partial charge < -0.3 is 4.42 Å². The lowest BCUT2D eigenvalue weighted by molar-refractivity contribution is 0.669. The maximum Gasteiger partial charge on any atom is 0.165 e. The molecule has 0 saturated heterocycles. The van der Waals surface area contributed by atoms with Gasteiger partial charge in [-0.2, -0.15) is 0 Å². The van der Waals surface area contributed by atoms with Gasteiger partial charge in [-0.05, 0) is 74.1 Å². The van der Waals surface area contributed by atoms with E-state index >= 15 is 0 Å². The quantitative estimate of drug-likeness (QED) is 0.174. The third kappa shape index (κ3) is 4.96. The Morgan fingerprint density at radius 2 is 0.902 bits per heavy atom.